The van der Waals surface area contributed by atoms with Crippen molar-refractivity contribution in [1.82, 2.24) is 4.90 Å². The molecule has 0 amide bonds. The van der Waals surface area contributed by atoms with Crippen molar-refractivity contribution in [2.75, 3.05) is 26.2 Å². The van der Waals surface area contributed by atoms with Crippen molar-refractivity contribution in [3.8, 4) is 5.75 Å². The average Bonchev–Trinajstić information content (AvgIpc) is 2.91. The normalized spacial score (nSPS) is 11.8. The number of hydrogen-bond donors (Lipinski definition) is 1. The lowest BCUT2D eigenvalue weighted by Gasteiger charge is -2.21. The lowest BCUT2D eigenvalue weighted by Crippen LogP contribution is -2.28. The molecule has 2 rings (SSSR count). The quantitative estimate of drug-likeness (QED) is 0.126. The third kappa shape index (κ3) is 11.5. The number of aliphatic imine (C=N–C) groups is 1. The molecule has 1 N–H and O–H groups in total. The third-order valence-electron chi connectivity index (χ3n) is 6.31. The van der Waals surface area contributed by atoms with E-state index in [0.717, 1.165) is 54.9 Å². The first-order valence-corrected chi connectivity index (χ1v) is 13.8. The van der Waals surface area contributed by atoms with Crippen LogP contribution >= 0.6 is 0 Å². The summed E-state index contributed by atoms with van der Waals surface area (Å²) in [6, 6.07) is 15.0. The van der Waals surface area contributed by atoms with Crippen molar-refractivity contribution in [2.24, 2.45) is 4.99 Å². The highest BCUT2D eigenvalue weighted by molar-refractivity contribution is 6.10. The van der Waals surface area contributed by atoms with Crippen LogP contribution in [0.5, 0.6) is 5.75 Å². The molecule has 5 heteroatoms. The highest BCUT2D eigenvalue weighted by Gasteiger charge is 2.11. The highest BCUT2D eigenvalue weighted by atomic mass is 16.5. The predicted molar refractivity (Wildman–Crippen MR) is 151 cm³/mol. The molecule has 0 atom stereocenters. The summed E-state index contributed by atoms with van der Waals surface area (Å²) in [6.07, 6.45) is 9.14. The van der Waals surface area contributed by atoms with Gasteiger partial charge in [0, 0.05) is 24.2 Å². The van der Waals surface area contributed by atoms with Crippen LogP contribution in [0, 0.1) is 0 Å². The molecule has 0 unspecified atom stereocenters. The zero-order valence-electron chi connectivity index (χ0n) is 22.7. The number of nitrogens with zero attached hydrogens (tertiary/aromatic N) is 2. The van der Waals surface area contributed by atoms with Gasteiger partial charge in [0.15, 0.2) is 5.78 Å². The Morgan fingerprint density at radius 3 is 2.03 bits per heavy atom. The fourth-order valence-corrected chi connectivity index (χ4v) is 4.02. The van der Waals surface area contributed by atoms with Crippen molar-refractivity contribution in [2.45, 2.75) is 85.2 Å². The van der Waals surface area contributed by atoms with Crippen LogP contribution in [0.4, 0.5) is 5.69 Å². The molecule has 2 aromatic carbocycles. The minimum atomic E-state index is 0.0151. The van der Waals surface area contributed by atoms with E-state index < -0.39 is 0 Å². The lowest BCUT2D eigenvalue weighted by molar-refractivity contribution is 0.1000. The van der Waals surface area contributed by atoms with E-state index in [2.05, 4.69) is 25.7 Å². The standard InChI is InChI=1S/C31H46N2O3/c1-4-7-11-29(32-28-16-12-26(25-34)13-17-28)24-31(35)27-14-18-30(19-15-27)36-23-10-22-33(20-8-5-2)21-9-6-3/h12-19,34H,4-11,20-25H2,1-3H3. The topological polar surface area (TPSA) is 62.1 Å². The molecule has 0 radical (unpaired) electrons. The van der Waals surface area contributed by atoms with Crippen LogP contribution < -0.4 is 4.74 Å². The Morgan fingerprint density at radius 1 is 0.833 bits per heavy atom. The van der Waals surface area contributed by atoms with Gasteiger partial charge in [-0.1, -0.05) is 52.2 Å². The van der Waals surface area contributed by atoms with Crippen molar-refractivity contribution < 1.29 is 14.6 Å². The van der Waals surface area contributed by atoms with E-state index in [1.807, 2.05) is 48.5 Å². The number of benzene rings is 2. The lowest BCUT2D eigenvalue weighted by atomic mass is 10.0. The molecular weight excluding hydrogens is 448 g/mol. The number of ether oxygens (including phenoxy) is 1. The summed E-state index contributed by atoms with van der Waals surface area (Å²) in [4.78, 5) is 20.3. The van der Waals surface area contributed by atoms with E-state index in [9.17, 15) is 9.90 Å². The van der Waals surface area contributed by atoms with Gasteiger partial charge in [0.05, 0.1) is 18.9 Å². The van der Waals surface area contributed by atoms with E-state index >= 15 is 0 Å². The molecule has 0 heterocycles. The maximum absolute atomic E-state index is 13.0. The van der Waals surface area contributed by atoms with Crippen molar-refractivity contribution in [1.29, 1.82) is 0 Å². The van der Waals surface area contributed by atoms with Crippen molar-refractivity contribution in [3.05, 3.63) is 59.7 Å². The number of aliphatic hydroxyl groups excluding tert-OH is 1. The molecule has 5 nitrogen and oxygen atoms in total. The van der Waals surface area contributed by atoms with Gasteiger partial charge in [-0.15, -0.1) is 0 Å². The van der Waals surface area contributed by atoms with Crippen LogP contribution in [0.3, 0.4) is 0 Å². The highest BCUT2D eigenvalue weighted by Crippen LogP contribution is 2.19. The number of carbonyl (C=O) groups is 1. The van der Waals surface area contributed by atoms with Crippen molar-refractivity contribution in [3.63, 3.8) is 0 Å². The second kappa shape index (κ2) is 17.9. The molecule has 0 saturated heterocycles. The Labute approximate surface area is 218 Å². The Morgan fingerprint density at radius 2 is 1.44 bits per heavy atom. The maximum Gasteiger partial charge on any atom is 0.168 e. The summed E-state index contributed by atoms with van der Waals surface area (Å²) in [5.41, 5.74) is 3.26. The van der Waals surface area contributed by atoms with Crippen molar-refractivity contribution >= 4 is 17.2 Å². The second-order valence-electron chi connectivity index (χ2n) is 9.48. The van der Waals surface area contributed by atoms with Crippen LogP contribution in [0.1, 0.15) is 94.5 Å². The molecule has 0 aliphatic carbocycles. The Balaban J connectivity index is 1.88. The van der Waals surface area contributed by atoms with E-state index in [1.54, 1.807) is 0 Å². The van der Waals surface area contributed by atoms with E-state index in [4.69, 9.17) is 9.73 Å². The summed E-state index contributed by atoms with van der Waals surface area (Å²) in [7, 11) is 0. The van der Waals surface area contributed by atoms with Crippen LogP contribution in [0.25, 0.3) is 0 Å². The second-order valence-corrected chi connectivity index (χ2v) is 9.48. The monoisotopic (exact) mass is 494 g/mol. The first kappa shape index (κ1) is 29.7. The molecule has 0 bridgehead atoms. The summed E-state index contributed by atoms with van der Waals surface area (Å²) in [5.74, 6) is 0.884. The molecule has 0 saturated carbocycles. The number of rotatable bonds is 19. The minimum absolute atomic E-state index is 0.0151. The summed E-state index contributed by atoms with van der Waals surface area (Å²) >= 11 is 0. The van der Waals surface area contributed by atoms with Gasteiger partial charge >= 0.3 is 0 Å². The molecular formula is C31H46N2O3. The molecule has 2 aromatic rings. The van der Waals surface area contributed by atoms with Crippen LogP contribution in [-0.2, 0) is 6.61 Å². The number of carbonyl (C=O) groups excluding carboxylic acids is 1. The van der Waals surface area contributed by atoms with Gasteiger partial charge < -0.3 is 14.7 Å². The van der Waals surface area contributed by atoms with E-state index in [-0.39, 0.29) is 12.4 Å². The zero-order valence-corrected chi connectivity index (χ0v) is 22.7. The average molecular weight is 495 g/mol. The summed E-state index contributed by atoms with van der Waals surface area (Å²) in [5, 5.41) is 9.24. The van der Waals surface area contributed by atoms with Gasteiger partial charge in [0.1, 0.15) is 5.75 Å². The number of unbranched alkanes of at least 4 members (excludes halogenated alkanes) is 3. The smallest absolute Gasteiger partial charge is 0.168 e. The zero-order chi connectivity index (χ0) is 26.0. The SMILES string of the molecule is CCCCC(CC(=O)c1ccc(OCCCN(CCCC)CCCC)cc1)=Nc1ccc(CO)cc1. The molecule has 0 aromatic heterocycles. The molecule has 0 aliphatic rings. The number of hydrogen-bond acceptors (Lipinski definition) is 5. The fourth-order valence-electron chi connectivity index (χ4n) is 4.02. The number of aliphatic hydroxyl groups is 1. The van der Waals surface area contributed by atoms with Gasteiger partial charge in [-0.05, 0) is 87.2 Å². The molecule has 198 valence electrons. The predicted octanol–water partition coefficient (Wildman–Crippen LogP) is 7.39. The van der Waals surface area contributed by atoms with Gasteiger partial charge in [-0.2, -0.15) is 0 Å². The van der Waals surface area contributed by atoms with Gasteiger partial charge in [-0.25, -0.2) is 0 Å². The van der Waals surface area contributed by atoms with Crippen LogP contribution in [-0.4, -0.2) is 47.7 Å². The van der Waals surface area contributed by atoms with Crippen LogP contribution in [0.15, 0.2) is 53.5 Å². The van der Waals surface area contributed by atoms with Crippen LogP contribution in [0.2, 0.25) is 0 Å². The molecule has 0 fully saturated rings. The largest absolute Gasteiger partial charge is 0.494 e. The fraction of sp³-hybridized carbons (Fsp3) is 0.548. The summed E-state index contributed by atoms with van der Waals surface area (Å²) in [6.45, 7) is 10.7. The minimum Gasteiger partial charge on any atom is -0.494 e. The third-order valence-corrected chi connectivity index (χ3v) is 6.31. The van der Waals surface area contributed by atoms with Gasteiger partial charge in [0.25, 0.3) is 0 Å². The molecule has 36 heavy (non-hydrogen) atoms. The molecule has 0 spiro atoms. The van der Waals surface area contributed by atoms with E-state index in [0.29, 0.717) is 18.6 Å². The number of Topliss-reactive ketones (excluding diaryl/α,β-unsaturated/α-hetero) is 1. The Hall–Kier alpha value is -2.50. The summed E-state index contributed by atoms with van der Waals surface area (Å²) < 4.78 is 5.95. The van der Waals surface area contributed by atoms with Gasteiger partial charge in [-0.3, -0.25) is 9.79 Å². The number of ketones is 1. The maximum atomic E-state index is 13.0. The van der Waals surface area contributed by atoms with E-state index in [1.165, 1.54) is 38.8 Å². The molecule has 0 aliphatic heterocycles. The Kier molecular flexibility index (Phi) is 14.7. The first-order valence-electron chi connectivity index (χ1n) is 13.8. The first-order chi connectivity index (χ1) is 17.6. The Bertz CT molecular complexity index is 883. The van der Waals surface area contributed by atoms with Gasteiger partial charge in [0.2, 0.25) is 0 Å².